The van der Waals surface area contributed by atoms with Gasteiger partial charge in [0.25, 0.3) is 11.5 Å². The number of anilines is 1. The standard InChI is InChI=1S/C20H14N6O5/c1-11-8-18(27)23-20(21-11)26-17(10-12(24-26)14-4-2-6-29-14)22-19(28)13-9-16(31-25-13)15-5-3-7-30-15/h2-10H,1H3,(H,22,28)(H,21,23,27). The van der Waals surface area contributed by atoms with Gasteiger partial charge in [-0.2, -0.15) is 9.78 Å². The molecule has 0 spiro atoms. The Balaban J connectivity index is 1.52. The van der Waals surface area contributed by atoms with Crippen LogP contribution in [-0.4, -0.2) is 30.8 Å². The van der Waals surface area contributed by atoms with Crippen molar-refractivity contribution in [1.82, 2.24) is 24.9 Å². The lowest BCUT2D eigenvalue weighted by molar-refractivity contribution is 0.101. The summed E-state index contributed by atoms with van der Waals surface area (Å²) < 4.78 is 17.1. The second kappa shape index (κ2) is 7.30. The highest BCUT2D eigenvalue weighted by Gasteiger charge is 2.20. The molecule has 154 valence electrons. The Bertz CT molecular complexity index is 1410. The zero-order valence-corrected chi connectivity index (χ0v) is 16.0. The van der Waals surface area contributed by atoms with Crippen LogP contribution in [0, 0.1) is 6.92 Å². The van der Waals surface area contributed by atoms with Crippen LogP contribution in [0.1, 0.15) is 16.2 Å². The smallest absolute Gasteiger partial charge is 0.279 e. The average Bonchev–Trinajstić information content (AvgIpc) is 3.54. The number of nitrogens with one attached hydrogen (secondary N) is 2. The number of carbonyl (C=O) groups excluding carboxylic acids is 1. The number of H-pyrrole nitrogens is 1. The second-order valence-electron chi connectivity index (χ2n) is 6.52. The maximum Gasteiger partial charge on any atom is 0.279 e. The van der Waals surface area contributed by atoms with Crippen molar-refractivity contribution in [3.05, 3.63) is 76.7 Å². The number of hydrogen-bond acceptors (Lipinski definition) is 8. The van der Waals surface area contributed by atoms with Crippen LogP contribution in [-0.2, 0) is 0 Å². The highest BCUT2D eigenvalue weighted by molar-refractivity contribution is 6.03. The summed E-state index contributed by atoms with van der Waals surface area (Å²) in [6.45, 7) is 1.68. The zero-order chi connectivity index (χ0) is 21.4. The molecule has 0 saturated heterocycles. The number of rotatable bonds is 5. The van der Waals surface area contributed by atoms with Crippen molar-refractivity contribution in [2.75, 3.05) is 5.32 Å². The predicted octanol–water partition coefficient (Wildman–Crippen LogP) is 3.02. The molecule has 11 nitrogen and oxygen atoms in total. The highest BCUT2D eigenvalue weighted by Crippen LogP contribution is 2.25. The topological polar surface area (TPSA) is 145 Å². The van der Waals surface area contributed by atoms with E-state index in [1.165, 1.54) is 29.3 Å². The zero-order valence-electron chi connectivity index (χ0n) is 16.0. The molecule has 11 heteroatoms. The van der Waals surface area contributed by atoms with Gasteiger partial charge in [0.15, 0.2) is 17.2 Å². The van der Waals surface area contributed by atoms with E-state index in [0.29, 0.717) is 28.7 Å². The molecular weight excluding hydrogens is 404 g/mol. The van der Waals surface area contributed by atoms with Crippen molar-refractivity contribution < 1.29 is 18.2 Å². The largest absolute Gasteiger partial charge is 0.463 e. The van der Waals surface area contributed by atoms with Crippen molar-refractivity contribution in [2.24, 2.45) is 0 Å². The van der Waals surface area contributed by atoms with Gasteiger partial charge in [-0.25, -0.2) is 4.98 Å². The Morgan fingerprint density at radius 2 is 1.84 bits per heavy atom. The van der Waals surface area contributed by atoms with Crippen LogP contribution in [0.3, 0.4) is 0 Å². The number of aromatic amines is 1. The lowest BCUT2D eigenvalue weighted by atomic mass is 10.3. The lowest BCUT2D eigenvalue weighted by Crippen LogP contribution is -2.19. The van der Waals surface area contributed by atoms with E-state index in [0.717, 1.165) is 0 Å². The molecule has 31 heavy (non-hydrogen) atoms. The minimum Gasteiger partial charge on any atom is -0.463 e. The summed E-state index contributed by atoms with van der Waals surface area (Å²) in [5.41, 5.74) is 0.602. The minimum absolute atomic E-state index is 0.0318. The first-order valence-corrected chi connectivity index (χ1v) is 9.11. The van der Waals surface area contributed by atoms with Gasteiger partial charge >= 0.3 is 0 Å². The predicted molar refractivity (Wildman–Crippen MR) is 107 cm³/mol. The summed E-state index contributed by atoms with van der Waals surface area (Å²) in [5, 5.41) is 10.9. The van der Waals surface area contributed by atoms with E-state index >= 15 is 0 Å². The SMILES string of the molecule is Cc1cc(=O)[nH]c(-n2nc(-c3ccco3)cc2NC(=O)c2cc(-c3ccco3)on2)n1. The molecule has 5 rings (SSSR count). The average molecular weight is 418 g/mol. The third-order valence-corrected chi connectivity index (χ3v) is 4.29. The minimum atomic E-state index is -0.552. The van der Waals surface area contributed by atoms with Gasteiger partial charge in [0.2, 0.25) is 11.7 Å². The number of hydrogen-bond donors (Lipinski definition) is 2. The Kier molecular flexibility index (Phi) is 4.32. The number of aromatic nitrogens is 5. The van der Waals surface area contributed by atoms with Gasteiger partial charge in [-0.1, -0.05) is 5.16 Å². The Morgan fingerprint density at radius 3 is 2.55 bits per heavy atom. The van der Waals surface area contributed by atoms with Crippen LogP contribution in [0.5, 0.6) is 0 Å². The maximum atomic E-state index is 12.8. The van der Waals surface area contributed by atoms with Crippen molar-refractivity contribution in [2.45, 2.75) is 6.92 Å². The first-order valence-electron chi connectivity index (χ1n) is 9.11. The molecule has 2 N–H and O–H groups in total. The van der Waals surface area contributed by atoms with Crippen molar-refractivity contribution >= 4 is 11.7 Å². The number of carbonyl (C=O) groups is 1. The highest BCUT2D eigenvalue weighted by atomic mass is 16.5. The number of nitrogens with zero attached hydrogens (tertiary/aromatic N) is 4. The van der Waals surface area contributed by atoms with Crippen molar-refractivity contribution in [3.8, 4) is 28.9 Å². The van der Waals surface area contributed by atoms with E-state index in [9.17, 15) is 9.59 Å². The van der Waals surface area contributed by atoms with Crippen LogP contribution in [0.2, 0.25) is 0 Å². The van der Waals surface area contributed by atoms with Crippen molar-refractivity contribution in [1.29, 1.82) is 0 Å². The van der Waals surface area contributed by atoms with Gasteiger partial charge < -0.3 is 18.7 Å². The normalized spacial score (nSPS) is 11.0. The fraction of sp³-hybridized carbons (Fsp3) is 0.0500. The Labute approximate surface area is 173 Å². The third-order valence-electron chi connectivity index (χ3n) is 4.29. The third kappa shape index (κ3) is 3.55. The Morgan fingerprint density at radius 1 is 1.06 bits per heavy atom. The molecule has 0 saturated carbocycles. The summed E-state index contributed by atoms with van der Waals surface area (Å²) >= 11 is 0. The molecule has 0 aromatic carbocycles. The molecule has 1 amide bonds. The molecule has 5 heterocycles. The fourth-order valence-corrected chi connectivity index (χ4v) is 2.94. The number of furan rings is 2. The molecule has 5 aromatic rings. The molecule has 0 aliphatic rings. The molecule has 0 fully saturated rings. The summed E-state index contributed by atoms with van der Waals surface area (Å²) in [7, 11) is 0. The second-order valence-corrected chi connectivity index (χ2v) is 6.52. The molecule has 0 radical (unpaired) electrons. The van der Waals surface area contributed by atoms with E-state index in [1.807, 2.05) is 0 Å². The molecule has 0 unspecified atom stereocenters. The van der Waals surface area contributed by atoms with E-state index in [2.05, 4.69) is 25.5 Å². The van der Waals surface area contributed by atoms with Crippen LogP contribution in [0.15, 0.2) is 73.1 Å². The van der Waals surface area contributed by atoms with E-state index in [4.69, 9.17) is 13.4 Å². The van der Waals surface area contributed by atoms with Crippen LogP contribution < -0.4 is 10.9 Å². The molecular formula is C20H14N6O5. The van der Waals surface area contributed by atoms with Gasteiger partial charge in [0.05, 0.1) is 12.5 Å². The van der Waals surface area contributed by atoms with Gasteiger partial charge in [-0.15, -0.1) is 0 Å². The molecule has 0 aliphatic carbocycles. The van der Waals surface area contributed by atoms with E-state index in [-0.39, 0.29) is 23.0 Å². The van der Waals surface area contributed by atoms with Gasteiger partial charge in [0, 0.05) is 23.9 Å². The summed E-state index contributed by atoms with van der Waals surface area (Å²) in [5.74, 6) is 1.06. The fourth-order valence-electron chi connectivity index (χ4n) is 2.94. The van der Waals surface area contributed by atoms with Crippen LogP contribution in [0.25, 0.3) is 28.9 Å². The van der Waals surface area contributed by atoms with Gasteiger partial charge in [-0.05, 0) is 31.2 Å². The van der Waals surface area contributed by atoms with E-state index < -0.39 is 5.91 Å². The monoisotopic (exact) mass is 418 g/mol. The lowest BCUT2D eigenvalue weighted by Gasteiger charge is -2.07. The van der Waals surface area contributed by atoms with Crippen LogP contribution >= 0.6 is 0 Å². The summed E-state index contributed by atoms with van der Waals surface area (Å²) in [4.78, 5) is 31.6. The first kappa shape index (κ1) is 18.4. The van der Waals surface area contributed by atoms with Crippen molar-refractivity contribution in [3.63, 3.8) is 0 Å². The van der Waals surface area contributed by atoms with E-state index in [1.54, 1.807) is 37.3 Å². The quantitative estimate of drug-likeness (QED) is 0.443. The van der Waals surface area contributed by atoms with Crippen LogP contribution in [0.4, 0.5) is 5.82 Å². The summed E-state index contributed by atoms with van der Waals surface area (Å²) in [6, 6.07) is 11.2. The molecule has 0 atom stereocenters. The molecule has 0 aliphatic heterocycles. The number of amides is 1. The Hall–Kier alpha value is -4.67. The first-order chi connectivity index (χ1) is 15.1. The molecule has 5 aromatic heterocycles. The molecule has 0 bridgehead atoms. The van der Waals surface area contributed by atoms with Gasteiger partial charge in [-0.3, -0.25) is 14.6 Å². The van der Waals surface area contributed by atoms with Gasteiger partial charge in [0.1, 0.15) is 11.5 Å². The maximum absolute atomic E-state index is 12.8. The number of aryl methyl sites for hydroxylation is 1. The summed E-state index contributed by atoms with van der Waals surface area (Å²) in [6.07, 6.45) is 2.99.